The van der Waals surface area contributed by atoms with Gasteiger partial charge in [0.05, 0.1) is 6.54 Å². The van der Waals surface area contributed by atoms with Crippen LogP contribution < -0.4 is 0 Å². The molecule has 2 rings (SSSR count). The lowest BCUT2D eigenvalue weighted by Crippen LogP contribution is -2.47. The van der Waals surface area contributed by atoms with Crippen LogP contribution in [0.25, 0.3) is 0 Å². The van der Waals surface area contributed by atoms with Gasteiger partial charge in [0.1, 0.15) is 0 Å². The number of amides is 1. The van der Waals surface area contributed by atoms with Crippen molar-refractivity contribution in [2.24, 2.45) is 0 Å². The largest absolute Gasteiger partial charge is 0.421 e. The van der Waals surface area contributed by atoms with Gasteiger partial charge in [0.25, 0.3) is 5.79 Å². The third kappa shape index (κ3) is 2.43. The van der Waals surface area contributed by atoms with E-state index in [1.54, 1.807) is 0 Å². The van der Waals surface area contributed by atoms with Gasteiger partial charge in [-0.05, 0) is 25.5 Å². The lowest BCUT2D eigenvalue weighted by Gasteiger charge is -2.30. The number of carbonyl (C=O) groups is 1. The molecule has 2 heterocycles. The van der Waals surface area contributed by atoms with Crippen LogP contribution in [0.3, 0.4) is 0 Å². The molecule has 0 aromatic carbocycles. The monoisotopic (exact) mass is 279 g/mol. The molecule has 2 unspecified atom stereocenters. The first-order valence-electron chi connectivity index (χ1n) is 6.16. The molecule has 1 amide bonds. The zero-order chi connectivity index (χ0) is 14.3. The lowest BCUT2D eigenvalue weighted by molar-refractivity contribution is -0.295. The molecule has 7 heteroatoms. The molecule has 19 heavy (non-hydrogen) atoms. The Morgan fingerprint density at radius 2 is 2.11 bits per heavy atom. The van der Waals surface area contributed by atoms with Gasteiger partial charge < -0.3 is 14.4 Å². The average molecular weight is 279 g/mol. The number of alkyl halides is 3. The van der Waals surface area contributed by atoms with E-state index in [1.165, 1.54) is 11.0 Å². The lowest BCUT2D eigenvalue weighted by atomic mass is 10.1. The highest BCUT2D eigenvalue weighted by Crippen LogP contribution is 2.45. The third-order valence-corrected chi connectivity index (χ3v) is 3.31. The molecule has 4 nitrogen and oxygen atoms in total. The zero-order valence-corrected chi connectivity index (χ0v) is 10.8. The molecule has 0 aromatic heterocycles. The zero-order valence-electron chi connectivity index (χ0n) is 10.8. The van der Waals surface area contributed by atoms with E-state index in [2.05, 4.69) is 0 Å². The summed E-state index contributed by atoms with van der Waals surface area (Å²) in [4.78, 5) is 13.0. The Balaban J connectivity index is 2.09. The number of carbonyl (C=O) groups excluding carboxylic acids is 1. The van der Waals surface area contributed by atoms with Gasteiger partial charge in [0.2, 0.25) is 0 Å². The van der Waals surface area contributed by atoms with Crippen LogP contribution in [-0.2, 0) is 9.47 Å². The second-order valence-corrected chi connectivity index (χ2v) is 5.00. The molecule has 0 aromatic rings. The molecule has 1 saturated heterocycles. The molecule has 2 atom stereocenters. The van der Waals surface area contributed by atoms with Crippen LogP contribution in [0.4, 0.5) is 18.0 Å². The van der Waals surface area contributed by atoms with Crippen molar-refractivity contribution in [3.8, 4) is 0 Å². The van der Waals surface area contributed by atoms with Crippen molar-refractivity contribution in [3.05, 3.63) is 12.2 Å². The molecule has 2 aliphatic heterocycles. The molecule has 0 aliphatic carbocycles. The van der Waals surface area contributed by atoms with Crippen LogP contribution in [0.15, 0.2) is 12.2 Å². The quantitative estimate of drug-likeness (QED) is 0.746. The summed E-state index contributed by atoms with van der Waals surface area (Å²) in [5, 5.41) is 0. The van der Waals surface area contributed by atoms with E-state index < -0.39 is 23.7 Å². The van der Waals surface area contributed by atoms with Gasteiger partial charge in [-0.1, -0.05) is 13.3 Å². The fourth-order valence-corrected chi connectivity index (χ4v) is 2.10. The van der Waals surface area contributed by atoms with Crippen molar-refractivity contribution in [2.45, 2.75) is 44.3 Å². The third-order valence-electron chi connectivity index (χ3n) is 3.31. The van der Waals surface area contributed by atoms with Crippen LogP contribution >= 0.6 is 0 Å². The topological polar surface area (TPSA) is 38.8 Å². The Labute approximate surface area is 109 Å². The predicted molar refractivity (Wildman–Crippen MR) is 60.4 cm³/mol. The maximum Gasteiger partial charge on any atom is 0.421 e. The fourth-order valence-electron chi connectivity index (χ4n) is 2.10. The van der Waals surface area contributed by atoms with Gasteiger partial charge in [0.15, 0.2) is 5.60 Å². The minimum atomic E-state index is -4.55. The number of ether oxygens (including phenoxy) is 2. The summed E-state index contributed by atoms with van der Waals surface area (Å²) >= 11 is 0. The van der Waals surface area contributed by atoms with E-state index >= 15 is 0 Å². The highest BCUT2D eigenvalue weighted by molar-refractivity contribution is 5.71. The summed E-state index contributed by atoms with van der Waals surface area (Å²) in [5.74, 6) is -1.60. The summed E-state index contributed by atoms with van der Waals surface area (Å²) in [5.41, 5.74) is -2.41. The van der Waals surface area contributed by atoms with Gasteiger partial charge >= 0.3 is 12.3 Å². The van der Waals surface area contributed by atoms with Gasteiger partial charge in [-0.2, -0.15) is 13.2 Å². The van der Waals surface area contributed by atoms with Crippen LogP contribution in [0.2, 0.25) is 0 Å². The van der Waals surface area contributed by atoms with E-state index in [0.29, 0.717) is 6.54 Å². The summed E-state index contributed by atoms with van der Waals surface area (Å²) in [7, 11) is 0. The highest BCUT2D eigenvalue weighted by Gasteiger charge is 2.61. The number of rotatable bonds is 3. The number of hydrogen-bond acceptors (Lipinski definition) is 3. The first-order valence-corrected chi connectivity index (χ1v) is 6.16. The molecular formula is C12H16F3NO3. The first-order chi connectivity index (χ1) is 8.71. The summed E-state index contributed by atoms with van der Waals surface area (Å²) in [6.45, 7) is 3.33. The van der Waals surface area contributed by atoms with Gasteiger partial charge in [-0.15, -0.1) is 0 Å². The Morgan fingerprint density at radius 1 is 1.42 bits per heavy atom. The van der Waals surface area contributed by atoms with Crippen molar-refractivity contribution in [2.75, 3.05) is 13.1 Å². The van der Waals surface area contributed by atoms with Crippen LogP contribution in [0.5, 0.6) is 0 Å². The average Bonchev–Trinajstić information content (AvgIpc) is 2.77. The number of halogens is 3. The highest BCUT2D eigenvalue weighted by atomic mass is 19.4. The maximum atomic E-state index is 12.8. The summed E-state index contributed by atoms with van der Waals surface area (Å²) in [6.07, 6.45) is -1.44. The Kier molecular flexibility index (Phi) is 3.28. The number of unbranched alkanes of at least 4 members (excludes halogenated alkanes) is 1. The minimum absolute atomic E-state index is 0.00595. The molecule has 2 aliphatic rings. The van der Waals surface area contributed by atoms with E-state index in [1.807, 2.05) is 6.92 Å². The second kappa shape index (κ2) is 4.40. The normalized spacial score (nSPS) is 34.4. The van der Waals surface area contributed by atoms with Crippen LogP contribution in [0, 0.1) is 0 Å². The number of hydrogen-bond donors (Lipinski definition) is 0. The molecular weight excluding hydrogens is 263 g/mol. The van der Waals surface area contributed by atoms with Crippen molar-refractivity contribution in [1.82, 2.24) is 4.90 Å². The predicted octanol–water partition coefficient (Wildman–Crippen LogP) is 2.84. The van der Waals surface area contributed by atoms with Crippen LogP contribution in [-0.4, -0.2) is 41.6 Å². The Hall–Kier alpha value is -1.24. The molecule has 1 spiro atoms. The molecule has 0 bridgehead atoms. The molecule has 108 valence electrons. The standard InChI is InChI=1S/C12H16F3NO3/c1-3-4-7-16-8-11(18-9(16)17)6-5-10(2,19-11)12(13,14)15/h5-6H,3-4,7-8H2,1-2H3. The molecule has 0 radical (unpaired) electrons. The summed E-state index contributed by atoms with van der Waals surface area (Å²) in [6, 6.07) is 0. The second-order valence-electron chi connectivity index (χ2n) is 5.00. The van der Waals surface area contributed by atoms with Crippen LogP contribution in [0.1, 0.15) is 26.7 Å². The molecule has 1 fully saturated rings. The van der Waals surface area contributed by atoms with Gasteiger partial charge in [-0.25, -0.2) is 4.79 Å². The fraction of sp³-hybridized carbons (Fsp3) is 0.750. The SMILES string of the molecule is CCCCN1CC2(C=CC(C)(C(F)(F)F)O2)OC1=O. The van der Waals surface area contributed by atoms with E-state index in [0.717, 1.165) is 25.8 Å². The van der Waals surface area contributed by atoms with Crippen molar-refractivity contribution >= 4 is 6.09 Å². The minimum Gasteiger partial charge on any atom is -0.411 e. The Bertz CT molecular complexity index is 410. The van der Waals surface area contributed by atoms with E-state index in [-0.39, 0.29) is 6.54 Å². The van der Waals surface area contributed by atoms with Gasteiger partial charge in [0, 0.05) is 6.54 Å². The van der Waals surface area contributed by atoms with E-state index in [9.17, 15) is 18.0 Å². The first kappa shape index (κ1) is 14.2. The van der Waals surface area contributed by atoms with E-state index in [4.69, 9.17) is 9.47 Å². The van der Waals surface area contributed by atoms with Crippen molar-refractivity contribution < 1.29 is 27.4 Å². The molecule has 0 N–H and O–H groups in total. The Morgan fingerprint density at radius 3 is 2.63 bits per heavy atom. The van der Waals surface area contributed by atoms with Crippen molar-refractivity contribution in [1.29, 1.82) is 0 Å². The molecule has 0 saturated carbocycles. The number of nitrogens with zero attached hydrogens (tertiary/aromatic N) is 1. The van der Waals surface area contributed by atoms with Gasteiger partial charge in [-0.3, -0.25) is 0 Å². The maximum absolute atomic E-state index is 12.8. The summed E-state index contributed by atoms with van der Waals surface area (Å²) < 4.78 is 48.6. The smallest absolute Gasteiger partial charge is 0.411 e. The van der Waals surface area contributed by atoms with Crippen molar-refractivity contribution in [3.63, 3.8) is 0 Å².